The van der Waals surface area contributed by atoms with E-state index in [0.29, 0.717) is 26.1 Å². The van der Waals surface area contributed by atoms with Crippen molar-refractivity contribution in [3.63, 3.8) is 0 Å². The van der Waals surface area contributed by atoms with E-state index in [-0.39, 0.29) is 17.9 Å². The largest absolute Gasteiger partial charge is 0.354 e. The maximum absolute atomic E-state index is 12.5. The van der Waals surface area contributed by atoms with E-state index in [0.717, 1.165) is 13.0 Å². The molecule has 0 radical (unpaired) electrons. The molecule has 5 nitrogen and oxygen atoms in total. The van der Waals surface area contributed by atoms with Crippen molar-refractivity contribution in [2.24, 2.45) is 0 Å². The van der Waals surface area contributed by atoms with Crippen LogP contribution in [0.1, 0.15) is 17.5 Å². The van der Waals surface area contributed by atoms with Gasteiger partial charge >= 0.3 is 0 Å². The summed E-state index contributed by atoms with van der Waals surface area (Å²) in [6, 6.07) is 8.05. The predicted octanol–water partition coefficient (Wildman–Crippen LogP) is 0.0494. The van der Waals surface area contributed by atoms with Crippen molar-refractivity contribution in [3.8, 4) is 0 Å². The zero-order valence-corrected chi connectivity index (χ0v) is 11.4. The Balaban J connectivity index is 1.68. The van der Waals surface area contributed by atoms with Crippen LogP contribution < -0.4 is 10.6 Å². The summed E-state index contributed by atoms with van der Waals surface area (Å²) in [4.78, 5) is 25.7. The van der Waals surface area contributed by atoms with Crippen LogP contribution in [0.3, 0.4) is 0 Å². The Labute approximate surface area is 118 Å². The average molecular weight is 273 g/mol. The van der Waals surface area contributed by atoms with Crippen molar-refractivity contribution >= 4 is 11.8 Å². The number of hydrogen-bond acceptors (Lipinski definition) is 3. The maximum atomic E-state index is 12.5. The summed E-state index contributed by atoms with van der Waals surface area (Å²) in [5, 5.41) is 6.10. The molecule has 2 amide bonds. The van der Waals surface area contributed by atoms with Crippen molar-refractivity contribution in [2.45, 2.75) is 25.4 Å². The number of nitrogens with zero attached hydrogens (tertiary/aromatic N) is 1. The highest BCUT2D eigenvalue weighted by Crippen LogP contribution is 2.17. The summed E-state index contributed by atoms with van der Waals surface area (Å²) in [7, 11) is 0. The van der Waals surface area contributed by atoms with Crippen LogP contribution in [0, 0.1) is 0 Å². The molecule has 1 aromatic rings. The van der Waals surface area contributed by atoms with Crippen LogP contribution in [0.15, 0.2) is 24.3 Å². The predicted molar refractivity (Wildman–Crippen MR) is 75.0 cm³/mol. The number of nitrogens with one attached hydrogen (secondary N) is 2. The molecule has 106 valence electrons. The van der Waals surface area contributed by atoms with Gasteiger partial charge in [-0.1, -0.05) is 24.3 Å². The number of fused-ring (bicyclic) bond motifs is 1. The molecule has 1 saturated heterocycles. The number of rotatable bonds is 1. The molecule has 0 unspecified atom stereocenters. The first-order valence-electron chi connectivity index (χ1n) is 7.10. The summed E-state index contributed by atoms with van der Waals surface area (Å²) in [6.45, 7) is 2.40. The van der Waals surface area contributed by atoms with Gasteiger partial charge in [0.15, 0.2) is 0 Å². The SMILES string of the molecule is O=C1CCN(C(=O)[C@@H]2Cc3ccccc3CN2)CCN1. The van der Waals surface area contributed by atoms with E-state index in [2.05, 4.69) is 22.8 Å². The van der Waals surface area contributed by atoms with Gasteiger partial charge < -0.3 is 15.5 Å². The van der Waals surface area contributed by atoms with Crippen LogP contribution in [0.5, 0.6) is 0 Å². The van der Waals surface area contributed by atoms with Gasteiger partial charge in [-0.05, 0) is 17.5 Å². The third-order valence-corrected chi connectivity index (χ3v) is 4.00. The molecular formula is C15H19N3O2. The fourth-order valence-electron chi connectivity index (χ4n) is 2.84. The van der Waals surface area contributed by atoms with Crippen LogP contribution in [0.25, 0.3) is 0 Å². The molecule has 0 spiro atoms. The van der Waals surface area contributed by atoms with Crippen molar-refractivity contribution in [2.75, 3.05) is 19.6 Å². The van der Waals surface area contributed by atoms with Gasteiger partial charge in [-0.15, -0.1) is 0 Å². The summed E-state index contributed by atoms with van der Waals surface area (Å²) in [5.74, 6) is 0.137. The van der Waals surface area contributed by atoms with E-state index >= 15 is 0 Å². The number of hydrogen-bond donors (Lipinski definition) is 2. The number of amides is 2. The highest BCUT2D eigenvalue weighted by Gasteiger charge is 2.28. The first kappa shape index (κ1) is 13.1. The highest BCUT2D eigenvalue weighted by atomic mass is 16.2. The smallest absolute Gasteiger partial charge is 0.240 e. The van der Waals surface area contributed by atoms with Crippen molar-refractivity contribution in [1.82, 2.24) is 15.5 Å². The molecular weight excluding hydrogens is 254 g/mol. The monoisotopic (exact) mass is 273 g/mol. The Kier molecular flexibility index (Phi) is 3.69. The molecule has 2 aliphatic heterocycles. The van der Waals surface area contributed by atoms with Gasteiger partial charge in [-0.2, -0.15) is 0 Å². The topological polar surface area (TPSA) is 61.4 Å². The third-order valence-electron chi connectivity index (χ3n) is 4.00. The Morgan fingerprint density at radius 3 is 2.85 bits per heavy atom. The van der Waals surface area contributed by atoms with Crippen LogP contribution in [-0.2, 0) is 22.6 Å². The van der Waals surface area contributed by atoms with Gasteiger partial charge in [0, 0.05) is 32.6 Å². The van der Waals surface area contributed by atoms with Gasteiger partial charge in [0.2, 0.25) is 11.8 Å². The van der Waals surface area contributed by atoms with Gasteiger partial charge in [0.25, 0.3) is 0 Å². The van der Waals surface area contributed by atoms with Crippen LogP contribution in [0.4, 0.5) is 0 Å². The lowest BCUT2D eigenvalue weighted by atomic mass is 9.95. The third kappa shape index (κ3) is 2.67. The van der Waals surface area contributed by atoms with Gasteiger partial charge in [-0.25, -0.2) is 0 Å². The zero-order valence-electron chi connectivity index (χ0n) is 11.4. The van der Waals surface area contributed by atoms with E-state index in [9.17, 15) is 9.59 Å². The normalized spacial score (nSPS) is 22.7. The lowest BCUT2D eigenvalue weighted by molar-refractivity contribution is -0.133. The molecule has 0 bridgehead atoms. The number of carbonyl (C=O) groups is 2. The molecule has 20 heavy (non-hydrogen) atoms. The first-order valence-corrected chi connectivity index (χ1v) is 7.10. The Morgan fingerprint density at radius 2 is 2.00 bits per heavy atom. The van der Waals surface area contributed by atoms with Gasteiger partial charge in [0.05, 0.1) is 6.04 Å². The lowest BCUT2D eigenvalue weighted by Gasteiger charge is -2.30. The number of carbonyl (C=O) groups excluding carboxylic acids is 2. The quantitative estimate of drug-likeness (QED) is 0.760. The Morgan fingerprint density at radius 1 is 1.20 bits per heavy atom. The lowest BCUT2D eigenvalue weighted by Crippen LogP contribution is -2.50. The van der Waals surface area contributed by atoms with Crippen molar-refractivity contribution in [3.05, 3.63) is 35.4 Å². The molecule has 0 aromatic heterocycles. The standard InChI is InChI=1S/C15H19N3O2/c19-14-5-7-18(8-6-16-14)15(20)13-9-11-3-1-2-4-12(11)10-17-13/h1-4,13,17H,5-10H2,(H,16,19)/t13-/m0/s1. The fraction of sp³-hybridized carbons (Fsp3) is 0.467. The van der Waals surface area contributed by atoms with E-state index in [4.69, 9.17) is 0 Å². The molecule has 2 heterocycles. The molecule has 2 N–H and O–H groups in total. The minimum Gasteiger partial charge on any atom is -0.354 e. The average Bonchev–Trinajstić information content (AvgIpc) is 2.71. The highest BCUT2D eigenvalue weighted by molar-refractivity contribution is 5.84. The van der Waals surface area contributed by atoms with Crippen LogP contribution in [0.2, 0.25) is 0 Å². The first-order chi connectivity index (χ1) is 9.74. The van der Waals surface area contributed by atoms with E-state index in [1.165, 1.54) is 11.1 Å². The summed E-state index contributed by atoms with van der Waals surface area (Å²) < 4.78 is 0. The van der Waals surface area contributed by atoms with Crippen LogP contribution in [-0.4, -0.2) is 42.4 Å². The second-order valence-corrected chi connectivity index (χ2v) is 5.33. The van der Waals surface area contributed by atoms with E-state index in [1.54, 1.807) is 4.90 Å². The van der Waals surface area contributed by atoms with Gasteiger partial charge in [0.1, 0.15) is 0 Å². The minimum absolute atomic E-state index is 0.0299. The molecule has 0 aliphatic carbocycles. The van der Waals surface area contributed by atoms with Crippen LogP contribution >= 0.6 is 0 Å². The zero-order chi connectivity index (χ0) is 13.9. The van der Waals surface area contributed by atoms with E-state index < -0.39 is 0 Å². The van der Waals surface area contributed by atoms with Gasteiger partial charge in [-0.3, -0.25) is 9.59 Å². The maximum Gasteiger partial charge on any atom is 0.240 e. The minimum atomic E-state index is -0.168. The summed E-state index contributed by atoms with van der Waals surface area (Å²) >= 11 is 0. The summed E-state index contributed by atoms with van der Waals surface area (Å²) in [6.07, 6.45) is 1.13. The number of benzene rings is 1. The molecule has 1 aromatic carbocycles. The molecule has 1 fully saturated rings. The Bertz CT molecular complexity index is 530. The van der Waals surface area contributed by atoms with Crippen molar-refractivity contribution < 1.29 is 9.59 Å². The fourth-order valence-corrected chi connectivity index (χ4v) is 2.84. The molecule has 0 saturated carbocycles. The molecule has 5 heteroatoms. The van der Waals surface area contributed by atoms with Crippen molar-refractivity contribution in [1.29, 1.82) is 0 Å². The Hall–Kier alpha value is -1.88. The molecule has 1 atom stereocenters. The van der Waals surface area contributed by atoms with E-state index in [1.807, 2.05) is 12.1 Å². The molecule has 2 aliphatic rings. The second-order valence-electron chi connectivity index (χ2n) is 5.33. The second kappa shape index (κ2) is 5.63. The summed E-state index contributed by atoms with van der Waals surface area (Å²) in [5.41, 5.74) is 2.51. The molecule has 3 rings (SSSR count).